The summed E-state index contributed by atoms with van der Waals surface area (Å²) in [5.74, 6) is -1.51. The Kier molecular flexibility index (Phi) is 5.06. The van der Waals surface area contributed by atoms with Crippen molar-refractivity contribution in [2.24, 2.45) is 5.14 Å². The second-order valence-electron chi connectivity index (χ2n) is 4.02. The van der Waals surface area contributed by atoms with Gasteiger partial charge in [-0.3, -0.25) is 9.59 Å². The molecule has 20 heavy (non-hydrogen) atoms. The summed E-state index contributed by atoms with van der Waals surface area (Å²) >= 11 is 0. The Hall–Kier alpha value is -2.13. The van der Waals surface area contributed by atoms with E-state index in [9.17, 15) is 18.0 Å². The summed E-state index contributed by atoms with van der Waals surface area (Å²) < 4.78 is 23.3. The van der Waals surface area contributed by atoms with Gasteiger partial charge in [0, 0.05) is 13.5 Å². The van der Waals surface area contributed by atoms with Gasteiger partial charge in [-0.1, -0.05) is 12.1 Å². The lowest BCUT2D eigenvalue weighted by Crippen LogP contribution is -2.40. The maximum atomic E-state index is 11.4. The summed E-state index contributed by atoms with van der Waals surface area (Å²) in [5, 5.41) is 16.3. The molecule has 110 valence electrons. The number of anilines is 1. The van der Waals surface area contributed by atoms with Crippen molar-refractivity contribution in [2.75, 3.05) is 10.8 Å². The van der Waals surface area contributed by atoms with E-state index < -0.39 is 22.7 Å². The SMILES string of the molecule is CC(=O)NCc1ccc(N(CC(=O)O)S(N)(=O)=O)cc1. The van der Waals surface area contributed by atoms with Crippen LogP contribution in [-0.4, -0.2) is 31.9 Å². The zero-order valence-electron chi connectivity index (χ0n) is 10.7. The first-order valence-corrected chi connectivity index (χ1v) is 7.06. The van der Waals surface area contributed by atoms with Gasteiger partial charge in [-0.05, 0) is 17.7 Å². The van der Waals surface area contributed by atoms with Crippen LogP contribution >= 0.6 is 0 Å². The number of hydrogen-bond acceptors (Lipinski definition) is 4. The highest BCUT2D eigenvalue weighted by Gasteiger charge is 2.20. The van der Waals surface area contributed by atoms with Crippen LogP contribution in [0.4, 0.5) is 5.69 Å². The van der Waals surface area contributed by atoms with Crippen LogP contribution in [0.25, 0.3) is 0 Å². The molecule has 0 aliphatic carbocycles. The minimum atomic E-state index is -4.17. The number of benzene rings is 1. The Morgan fingerprint density at radius 2 is 1.85 bits per heavy atom. The molecule has 0 bridgehead atoms. The molecule has 0 unspecified atom stereocenters. The van der Waals surface area contributed by atoms with Crippen LogP contribution in [-0.2, 0) is 26.3 Å². The maximum Gasteiger partial charge on any atom is 0.324 e. The van der Waals surface area contributed by atoms with Crippen molar-refractivity contribution >= 4 is 27.8 Å². The van der Waals surface area contributed by atoms with Crippen LogP contribution in [0.2, 0.25) is 0 Å². The van der Waals surface area contributed by atoms with Crippen LogP contribution in [0.15, 0.2) is 24.3 Å². The topological polar surface area (TPSA) is 130 Å². The van der Waals surface area contributed by atoms with E-state index >= 15 is 0 Å². The molecule has 1 rings (SSSR count). The van der Waals surface area contributed by atoms with Crippen molar-refractivity contribution in [3.8, 4) is 0 Å². The standard InChI is InChI=1S/C11H15N3O5S/c1-8(15)13-6-9-2-4-10(5-3-9)14(7-11(16)17)20(12,18)19/h2-5H,6-7H2,1H3,(H,13,15)(H,16,17)(H2,12,18,19). The van der Waals surface area contributed by atoms with Crippen LogP contribution in [0.1, 0.15) is 12.5 Å². The van der Waals surface area contributed by atoms with Crippen molar-refractivity contribution in [3.63, 3.8) is 0 Å². The summed E-state index contributed by atoms with van der Waals surface area (Å²) in [5.41, 5.74) is 0.884. The molecule has 0 spiro atoms. The van der Waals surface area contributed by atoms with Crippen molar-refractivity contribution in [1.29, 1.82) is 0 Å². The number of aliphatic carboxylic acids is 1. The van der Waals surface area contributed by atoms with Crippen LogP contribution in [0.5, 0.6) is 0 Å². The molecule has 0 saturated carbocycles. The van der Waals surface area contributed by atoms with Gasteiger partial charge in [0.15, 0.2) is 0 Å². The normalized spacial score (nSPS) is 10.9. The number of rotatable bonds is 6. The molecule has 9 heteroatoms. The van der Waals surface area contributed by atoms with Gasteiger partial charge in [0.05, 0.1) is 5.69 Å². The second kappa shape index (κ2) is 6.35. The fourth-order valence-electron chi connectivity index (χ4n) is 1.46. The lowest BCUT2D eigenvalue weighted by molar-refractivity contribution is -0.135. The third-order valence-electron chi connectivity index (χ3n) is 2.35. The quantitative estimate of drug-likeness (QED) is 0.647. The van der Waals surface area contributed by atoms with Crippen molar-refractivity contribution < 1.29 is 23.1 Å². The highest BCUT2D eigenvalue weighted by atomic mass is 32.2. The first kappa shape index (κ1) is 15.9. The predicted octanol–water partition coefficient (Wildman–Crippen LogP) is -0.583. The van der Waals surface area contributed by atoms with Gasteiger partial charge in [0.1, 0.15) is 6.54 Å². The largest absolute Gasteiger partial charge is 0.480 e. The van der Waals surface area contributed by atoms with Gasteiger partial charge in [-0.15, -0.1) is 0 Å². The Bertz CT molecular complexity index is 597. The zero-order chi connectivity index (χ0) is 15.3. The molecule has 1 aromatic rings. The molecular formula is C11H15N3O5S. The Morgan fingerprint density at radius 3 is 2.25 bits per heavy atom. The minimum Gasteiger partial charge on any atom is -0.480 e. The monoisotopic (exact) mass is 301 g/mol. The number of hydrogen-bond donors (Lipinski definition) is 3. The predicted molar refractivity (Wildman–Crippen MR) is 72.1 cm³/mol. The number of carboxylic acid groups (broad SMARTS) is 1. The van der Waals surface area contributed by atoms with Gasteiger partial charge < -0.3 is 10.4 Å². The van der Waals surface area contributed by atoms with E-state index in [1.54, 1.807) is 12.1 Å². The van der Waals surface area contributed by atoms with Gasteiger partial charge in [0.25, 0.3) is 10.2 Å². The lowest BCUT2D eigenvalue weighted by atomic mass is 10.2. The van der Waals surface area contributed by atoms with Gasteiger partial charge in [0.2, 0.25) is 5.91 Å². The van der Waals surface area contributed by atoms with E-state index in [1.165, 1.54) is 19.1 Å². The van der Waals surface area contributed by atoms with Crippen LogP contribution in [0, 0.1) is 0 Å². The third kappa shape index (κ3) is 4.86. The molecule has 1 amide bonds. The van der Waals surface area contributed by atoms with E-state index in [-0.39, 0.29) is 11.6 Å². The number of nitrogens with two attached hydrogens (primary N) is 1. The van der Waals surface area contributed by atoms with Crippen LogP contribution in [0.3, 0.4) is 0 Å². The molecule has 0 aliphatic heterocycles. The summed E-state index contributed by atoms with van der Waals surface area (Å²) in [6.07, 6.45) is 0. The average Bonchev–Trinajstić information content (AvgIpc) is 2.33. The average molecular weight is 301 g/mol. The molecule has 0 atom stereocenters. The molecule has 0 heterocycles. The lowest BCUT2D eigenvalue weighted by Gasteiger charge is -2.19. The van der Waals surface area contributed by atoms with Gasteiger partial charge in [-0.2, -0.15) is 8.42 Å². The molecule has 8 nitrogen and oxygen atoms in total. The molecule has 0 saturated heterocycles. The first-order valence-electron chi connectivity index (χ1n) is 5.56. The number of carbonyl (C=O) groups excluding carboxylic acids is 1. The number of nitrogens with zero attached hydrogens (tertiary/aromatic N) is 1. The number of nitrogens with one attached hydrogen (secondary N) is 1. The molecule has 0 fully saturated rings. The summed E-state index contributed by atoms with van der Waals surface area (Å²) in [4.78, 5) is 21.4. The van der Waals surface area contributed by atoms with E-state index in [4.69, 9.17) is 10.2 Å². The number of carbonyl (C=O) groups is 2. The van der Waals surface area contributed by atoms with Crippen LogP contribution < -0.4 is 14.8 Å². The highest BCUT2D eigenvalue weighted by Crippen LogP contribution is 2.17. The van der Waals surface area contributed by atoms with E-state index in [1.807, 2.05) is 0 Å². The second-order valence-corrected chi connectivity index (χ2v) is 5.49. The Morgan fingerprint density at radius 1 is 1.30 bits per heavy atom. The third-order valence-corrected chi connectivity index (χ3v) is 3.31. The Balaban J connectivity index is 2.93. The first-order chi connectivity index (χ1) is 9.20. The molecular weight excluding hydrogens is 286 g/mol. The highest BCUT2D eigenvalue weighted by molar-refractivity contribution is 7.90. The Labute approximate surface area is 116 Å². The maximum absolute atomic E-state index is 11.4. The van der Waals surface area contributed by atoms with E-state index in [0.29, 0.717) is 10.8 Å². The smallest absolute Gasteiger partial charge is 0.324 e. The van der Waals surface area contributed by atoms with Crippen molar-refractivity contribution in [3.05, 3.63) is 29.8 Å². The van der Waals surface area contributed by atoms with E-state index in [2.05, 4.69) is 5.32 Å². The summed E-state index contributed by atoms with van der Waals surface area (Å²) in [6, 6.07) is 5.99. The fraction of sp³-hybridized carbons (Fsp3) is 0.273. The number of carboxylic acids is 1. The minimum absolute atomic E-state index is 0.140. The summed E-state index contributed by atoms with van der Waals surface area (Å²) in [6.45, 7) is 0.914. The molecule has 0 radical (unpaired) electrons. The number of amides is 1. The summed E-state index contributed by atoms with van der Waals surface area (Å²) in [7, 11) is -4.17. The van der Waals surface area contributed by atoms with Crippen molar-refractivity contribution in [2.45, 2.75) is 13.5 Å². The fourth-order valence-corrected chi connectivity index (χ4v) is 2.16. The van der Waals surface area contributed by atoms with E-state index in [0.717, 1.165) is 5.56 Å². The van der Waals surface area contributed by atoms with Gasteiger partial charge >= 0.3 is 5.97 Å². The molecule has 1 aromatic carbocycles. The zero-order valence-corrected chi connectivity index (χ0v) is 11.6. The van der Waals surface area contributed by atoms with Crippen molar-refractivity contribution in [1.82, 2.24) is 5.32 Å². The molecule has 0 aliphatic rings. The van der Waals surface area contributed by atoms with Gasteiger partial charge in [-0.25, -0.2) is 9.44 Å². The molecule has 4 N–H and O–H groups in total. The molecule has 0 aromatic heterocycles.